The van der Waals surface area contributed by atoms with E-state index in [1.807, 2.05) is 6.26 Å². The van der Waals surface area contributed by atoms with Crippen LogP contribution < -0.4 is 10.0 Å². The number of amides is 1. The lowest BCUT2D eigenvalue weighted by Crippen LogP contribution is -2.54. The minimum atomic E-state index is -3.70. The fraction of sp³-hybridized carbons (Fsp3) is 0.533. The molecular formula is C15H23N3O3S2. The first kappa shape index (κ1) is 18.3. The smallest absolute Gasteiger partial charge is 0.241 e. The Kier molecular flexibility index (Phi) is 6.88. The molecule has 0 bridgehead atoms. The maximum Gasteiger partial charge on any atom is 0.241 e. The Balaban J connectivity index is 2.12. The molecule has 128 valence electrons. The minimum absolute atomic E-state index is 0.139. The number of hydrogen-bond acceptors (Lipinski definition) is 5. The number of rotatable bonds is 7. The van der Waals surface area contributed by atoms with Crippen molar-refractivity contribution in [1.29, 1.82) is 0 Å². The van der Waals surface area contributed by atoms with Crippen molar-refractivity contribution >= 4 is 27.7 Å². The summed E-state index contributed by atoms with van der Waals surface area (Å²) >= 11 is 1.60. The number of sulfonamides is 1. The molecular weight excluding hydrogens is 334 g/mol. The van der Waals surface area contributed by atoms with Crippen molar-refractivity contribution in [1.82, 2.24) is 14.9 Å². The monoisotopic (exact) mass is 357 g/mol. The van der Waals surface area contributed by atoms with Crippen molar-refractivity contribution in [2.45, 2.75) is 17.4 Å². The van der Waals surface area contributed by atoms with E-state index in [4.69, 9.17) is 0 Å². The van der Waals surface area contributed by atoms with Crippen LogP contribution in [0.3, 0.4) is 0 Å². The highest BCUT2D eigenvalue weighted by molar-refractivity contribution is 7.98. The van der Waals surface area contributed by atoms with Crippen LogP contribution in [0.1, 0.15) is 6.42 Å². The molecule has 1 fully saturated rings. The van der Waals surface area contributed by atoms with Gasteiger partial charge in [-0.05, 0) is 30.6 Å². The Morgan fingerprint density at radius 2 is 1.96 bits per heavy atom. The van der Waals surface area contributed by atoms with E-state index >= 15 is 0 Å². The molecule has 0 radical (unpaired) electrons. The van der Waals surface area contributed by atoms with Gasteiger partial charge in [0.05, 0.1) is 4.90 Å². The van der Waals surface area contributed by atoms with Crippen molar-refractivity contribution in [2.75, 3.05) is 38.2 Å². The van der Waals surface area contributed by atoms with Gasteiger partial charge in [-0.25, -0.2) is 8.42 Å². The summed E-state index contributed by atoms with van der Waals surface area (Å²) < 4.78 is 27.6. The molecule has 1 aromatic rings. The van der Waals surface area contributed by atoms with Gasteiger partial charge in [0, 0.05) is 26.2 Å². The van der Waals surface area contributed by atoms with Gasteiger partial charge in [-0.2, -0.15) is 16.5 Å². The Labute approximate surface area is 142 Å². The van der Waals surface area contributed by atoms with Gasteiger partial charge in [-0.3, -0.25) is 4.79 Å². The van der Waals surface area contributed by atoms with Crippen LogP contribution in [-0.4, -0.2) is 63.5 Å². The van der Waals surface area contributed by atoms with Gasteiger partial charge in [-0.1, -0.05) is 18.2 Å². The molecule has 0 aromatic heterocycles. The van der Waals surface area contributed by atoms with E-state index in [2.05, 4.69) is 10.0 Å². The third kappa shape index (κ3) is 5.20. The van der Waals surface area contributed by atoms with Crippen LogP contribution in [0.15, 0.2) is 35.2 Å². The van der Waals surface area contributed by atoms with Crippen LogP contribution in [0.4, 0.5) is 0 Å². The number of hydrogen-bond donors (Lipinski definition) is 2. The van der Waals surface area contributed by atoms with Gasteiger partial charge in [0.1, 0.15) is 6.04 Å². The minimum Gasteiger partial charge on any atom is -0.339 e. The molecule has 1 unspecified atom stereocenters. The molecule has 1 saturated heterocycles. The number of carbonyl (C=O) groups is 1. The van der Waals surface area contributed by atoms with E-state index in [0.29, 0.717) is 19.5 Å². The van der Waals surface area contributed by atoms with Gasteiger partial charge in [0.25, 0.3) is 0 Å². The van der Waals surface area contributed by atoms with Gasteiger partial charge in [-0.15, -0.1) is 0 Å². The van der Waals surface area contributed by atoms with E-state index in [-0.39, 0.29) is 10.8 Å². The molecule has 1 atom stereocenters. The highest BCUT2D eigenvalue weighted by atomic mass is 32.2. The molecule has 1 aromatic carbocycles. The number of thioether (sulfide) groups is 1. The van der Waals surface area contributed by atoms with E-state index in [1.165, 1.54) is 12.1 Å². The van der Waals surface area contributed by atoms with E-state index in [0.717, 1.165) is 18.8 Å². The lowest BCUT2D eigenvalue weighted by molar-refractivity contribution is -0.133. The Hall–Kier alpha value is -1.09. The van der Waals surface area contributed by atoms with Crippen LogP contribution in [0.2, 0.25) is 0 Å². The topological polar surface area (TPSA) is 78.5 Å². The highest BCUT2D eigenvalue weighted by Gasteiger charge is 2.29. The Morgan fingerprint density at radius 1 is 1.30 bits per heavy atom. The molecule has 2 N–H and O–H groups in total. The van der Waals surface area contributed by atoms with Crippen LogP contribution in [0.25, 0.3) is 0 Å². The summed E-state index contributed by atoms with van der Waals surface area (Å²) in [7, 11) is -3.70. The number of nitrogens with one attached hydrogen (secondary N) is 2. The first-order valence-corrected chi connectivity index (χ1v) is 10.5. The first-order valence-electron chi connectivity index (χ1n) is 7.60. The summed E-state index contributed by atoms with van der Waals surface area (Å²) in [4.78, 5) is 14.6. The molecule has 2 rings (SSSR count). The number of nitrogens with zero attached hydrogens (tertiary/aromatic N) is 1. The second-order valence-electron chi connectivity index (χ2n) is 5.34. The molecule has 1 heterocycles. The standard InChI is InChI=1S/C15H23N3O3S2/c1-22-12-7-14(15(19)18-10-8-16-9-11-18)17-23(20,21)13-5-3-2-4-6-13/h2-6,14,16-17H,7-12H2,1H3. The molecule has 1 aliphatic heterocycles. The summed E-state index contributed by atoms with van der Waals surface area (Å²) in [5.41, 5.74) is 0. The van der Waals surface area contributed by atoms with Gasteiger partial charge < -0.3 is 10.2 Å². The molecule has 23 heavy (non-hydrogen) atoms. The molecule has 1 amide bonds. The van der Waals surface area contributed by atoms with Crippen molar-refractivity contribution in [2.24, 2.45) is 0 Å². The zero-order valence-corrected chi connectivity index (χ0v) is 14.8. The molecule has 1 aliphatic rings. The van der Waals surface area contributed by atoms with Gasteiger partial charge in [0.15, 0.2) is 0 Å². The summed E-state index contributed by atoms with van der Waals surface area (Å²) in [6.07, 6.45) is 2.42. The van der Waals surface area contributed by atoms with Crippen molar-refractivity contribution in [3.05, 3.63) is 30.3 Å². The average molecular weight is 358 g/mol. The van der Waals surface area contributed by atoms with Gasteiger partial charge in [0.2, 0.25) is 15.9 Å². The predicted octanol–water partition coefficient (Wildman–Crippen LogP) is 0.518. The summed E-state index contributed by atoms with van der Waals surface area (Å²) in [6.45, 7) is 2.71. The molecule has 8 heteroatoms. The SMILES string of the molecule is CSCCC(NS(=O)(=O)c1ccccc1)C(=O)N1CCNCC1. The lowest BCUT2D eigenvalue weighted by Gasteiger charge is -2.31. The highest BCUT2D eigenvalue weighted by Crippen LogP contribution is 2.12. The fourth-order valence-electron chi connectivity index (χ4n) is 2.43. The largest absolute Gasteiger partial charge is 0.339 e. The van der Waals surface area contributed by atoms with Crippen molar-refractivity contribution in [3.8, 4) is 0 Å². The normalized spacial score (nSPS) is 17.0. The zero-order valence-electron chi connectivity index (χ0n) is 13.2. The zero-order chi connectivity index (χ0) is 16.7. The Bertz CT molecular complexity index is 602. The van der Waals surface area contributed by atoms with Gasteiger partial charge >= 0.3 is 0 Å². The molecule has 0 aliphatic carbocycles. The second kappa shape index (κ2) is 8.68. The van der Waals surface area contributed by atoms with Crippen molar-refractivity contribution < 1.29 is 13.2 Å². The van der Waals surface area contributed by atoms with Crippen LogP contribution in [-0.2, 0) is 14.8 Å². The van der Waals surface area contributed by atoms with Crippen LogP contribution in [0.5, 0.6) is 0 Å². The maximum absolute atomic E-state index is 12.7. The first-order chi connectivity index (χ1) is 11.0. The summed E-state index contributed by atoms with van der Waals surface area (Å²) in [6, 6.07) is 7.45. The lowest BCUT2D eigenvalue weighted by atomic mass is 10.2. The molecule has 0 saturated carbocycles. The third-order valence-corrected chi connectivity index (χ3v) is 5.82. The quantitative estimate of drug-likeness (QED) is 0.744. The number of piperazine rings is 1. The molecule has 6 nitrogen and oxygen atoms in total. The van der Waals surface area contributed by atoms with E-state index in [1.54, 1.807) is 34.9 Å². The summed E-state index contributed by atoms with van der Waals surface area (Å²) in [5, 5.41) is 3.19. The van der Waals surface area contributed by atoms with E-state index in [9.17, 15) is 13.2 Å². The fourth-order valence-corrected chi connectivity index (χ4v) is 4.15. The number of carbonyl (C=O) groups excluding carboxylic acids is 1. The maximum atomic E-state index is 12.7. The third-order valence-electron chi connectivity index (χ3n) is 3.69. The van der Waals surface area contributed by atoms with Crippen LogP contribution >= 0.6 is 11.8 Å². The van der Waals surface area contributed by atoms with Crippen molar-refractivity contribution in [3.63, 3.8) is 0 Å². The average Bonchev–Trinajstić information content (AvgIpc) is 2.59. The molecule has 0 spiro atoms. The van der Waals surface area contributed by atoms with Crippen LogP contribution in [0, 0.1) is 0 Å². The van der Waals surface area contributed by atoms with E-state index < -0.39 is 16.1 Å². The Morgan fingerprint density at radius 3 is 2.57 bits per heavy atom. The summed E-state index contributed by atoms with van der Waals surface area (Å²) in [5.74, 6) is 0.583. The predicted molar refractivity (Wildman–Crippen MR) is 93.0 cm³/mol. The number of benzene rings is 1. The second-order valence-corrected chi connectivity index (χ2v) is 8.04.